The van der Waals surface area contributed by atoms with Gasteiger partial charge in [0.05, 0.1) is 11.4 Å². The number of hydrogen-bond donors (Lipinski definition) is 1. The summed E-state index contributed by atoms with van der Waals surface area (Å²) in [6.45, 7) is 2.03. The van der Waals surface area contributed by atoms with E-state index in [0.29, 0.717) is 0 Å². The van der Waals surface area contributed by atoms with Crippen molar-refractivity contribution in [2.75, 3.05) is 5.73 Å². The fourth-order valence-electron chi connectivity index (χ4n) is 1.35. The Morgan fingerprint density at radius 3 is 2.25 bits per heavy atom. The van der Waals surface area contributed by atoms with E-state index >= 15 is 0 Å². The summed E-state index contributed by atoms with van der Waals surface area (Å²) in [4.78, 5) is 0. The molecule has 0 aliphatic carbocycles. The van der Waals surface area contributed by atoms with Gasteiger partial charge in [-0.15, -0.1) is 0 Å². The zero-order valence-corrected chi connectivity index (χ0v) is 9.09. The van der Waals surface area contributed by atoms with Gasteiger partial charge in [0.15, 0.2) is 0 Å². The van der Waals surface area contributed by atoms with Crippen LogP contribution in [0.2, 0.25) is 0 Å². The van der Waals surface area contributed by atoms with Crippen molar-refractivity contribution in [3.63, 3.8) is 0 Å². The molecule has 0 aliphatic heterocycles. The van der Waals surface area contributed by atoms with Gasteiger partial charge in [0.2, 0.25) is 0 Å². The third kappa shape index (κ3) is 2.67. The van der Waals surface area contributed by atoms with Gasteiger partial charge in [-0.05, 0) is 48.9 Å². The largest absolute Gasteiger partial charge is 0.399 e. The summed E-state index contributed by atoms with van der Waals surface area (Å²) in [5.41, 5.74) is 9.15. The van der Waals surface area contributed by atoms with Crippen molar-refractivity contribution in [2.24, 2.45) is 10.2 Å². The average Bonchev–Trinajstić information content (AvgIpc) is 2.28. The molecule has 0 unspecified atom stereocenters. The predicted molar refractivity (Wildman–Crippen MR) is 66.2 cm³/mol. The molecule has 0 fully saturated rings. The summed E-state index contributed by atoms with van der Waals surface area (Å²) >= 11 is 0. The van der Waals surface area contributed by atoms with Gasteiger partial charge in [-0.1, -0.05) is 12.1 Å². The summed E-state index contributed by atoms with van der Waals surface area (Å²) in [6, 6.07) is 15.2. The number of nitrogen functional groups attached to an aromatic ring is 1. The van der Waals surface area contributed by atoms with E-state index in [9.17, 15) is 0 Å². The molecule has 2 N–H and O–H groups in total. The Morgan fingerprint density at radius 1 is 0.875 bits per heavy atom. The fourth-order valence-corrected chi connectivity index (χ4v) is 1.35. The topological polar surface area (TPSA) is 50.7 Å². The van der Waals surface area contributed by atoms with Crippen molar-refractivity contribution >= 4 is 17.1 Å². The monoisotopic (exact) mass is 211 g/mol. The average molecular weight is 211 g/mol. The zero-order chi connectivity index (χ0) is 11.4. The van der Waals surface area contributed by atoms with E-state index in [4.69, 9.17) is 5.73 Å². The van der Waals surface area contributed by atoms with Gasteiger partial charge in [-0.3, -0.25) is 0 Å². The third-order valence-corrected chi connectivity index (χ3v) is 2.18. The molecule has 0 bridgehead atoms. The molecule has 0 atom stereocenters. The van der Waals surface area contributed by atoms with Gasteiger partial charge in [0.25, 0.3) is 0 Å². The molecular formula is C13H13N3. The van der Waals surface area contributed by atoms with Crippen LogP contribution in [-0.4, -0.2) is 0 Å². The number of azo groups is 1. The molecule has 3 nitrogen and oxygen atoms in total. The SMILES string of the molecule is Cc1cccc(/N=N/c2ccc(N)cc2)c1. The highest BCUT2D eigenvalue weighted by Crippen LogP contribution is 2.19. The second-order valence-electron chi connectivity index (χ2n) is 3.63. The Hall–Kier alpha value is -2.16. The van der Waals surface area contributed by atoms with E-state index in [0.717, 1.165) is 17.1 Å². The number of nitrogens with zero attached hydrogens (tertiary/aromatic N) is 2. The molecule has 2 aromatic rings. The van der Waals surface area contributed by atoms with Crippen LogP contribution in [-0.2, 0) is 0 Å². The van der Waals surface area contributed by atoms with Gasteiger partial charge in [0, 0.05) is 5.69 Å². The minimum absolute atomic E-state index is 0.731. The molecule has 0 heterocycles. The van der Waals surface area contributed by atoms with Crippen molar-refractivity contribution in [1.29, 1.82) is 0 Å². The Balaban J connectivity index is 2.18. The molecule has 16 heavy (non-hydrogen) atoms. The molecule has 2 rings (SSSR count). The van der Waals surface area contributed by atoms with E-state index in [-0.39, 0.29) is 0 Å². The van der Waals surface area contributed by atoms with Gasteiger partial charge < -0.3 is 5.73 Å². The molecule has 0 amide bonds. The minimum atomic E-state index is 0.731. The molecule has 0 aliphatic rings. The van der Waals surface area contributed by atoms with E-state index < -0.39 is 0 Å². The zero-order valence-electron chi connectivity index (χ0n) is 9.09. The lowest BCUT2D eigenvalue weighted by Gasteiger charge is -1.95. The second kappa shape index (κ2) is 4.57. The minimum Gasteiger partial charge on any atom is -0.399 e. The molecule has 0 spiro atoms. The smallest absolute Gasteiger partial charge is 0.0859 e. The van der Waals surface area contributed by atoms with Gasteiger partial charge in [0.1, 0.15) is 0 Å². The Kier molecular flexibility index (Phi) is 2.96. The number of nitrogens with two attached hydrogens (primary N) is 1. The first-order valence-corrected chi connectivity index (χ1v) is 5.08. The Bertz CT molecular complexity index is 501. The highest BCUT2D eigenvalue weighted by atomic mass is 15.1. The van der Waals surface area contributed by atoms with Crippen LogP contribution in [0.4, 0.5) is 17.1 Å². The normalized spacial score (nSPS) is 10.8. The summed E-state index contributed by atoms with van der Waals surface area (Å²) < 4.78 is 0. The van der Waals surface area contributed by atoms with Gasteiger partial charge >= 0.3 is 0 Å². The molecule has 0 saturated carbocycles. The van der Waals surface area contributed by atoms with Crippen LogP contribution in [0.3, 0.4) is 0 Å². The summed E-state index contributed by atoms with van der Waals surface area (Å²) in [5.74, 6) is 0. The molecule has 80 valence electrons. The van der Waals surface area contributed by atoms with Crippen LogP contribution >= 0.6 is 0 Å². The lowest BCUT2D eigenvalue weighted by atomic mass is 10.2. The molecule has 2 aromatic carbocycles. The molecule has 0 saturated heterocycles. The highest BCUT2D eigenvalue weighted by molar-refractivity contribution is 5.48. The van der Waals surface area contributed by atoms with E-state index in [1.54, 1.807) is 0 Å². The van der Waals surface area contributed by atoms with Gasteiger partial charge in [-0.2, -0.15) is 10.2 Å². The van der Waals surface area contributed by atoms with Crippen LogP contribution in [0.5, 0.6) is 0 Å². The summed E-state index contributed by atoms with van der Waals surface area (Å²) in [7, 11) is 0. The number of rotatable bonds is 2. The standard InChI is InChI=1S/C13H13N3/c1-10-3-2-4-13(9-10)16-15-12-7-5-11(14)6-8-12/h2-9H,14H2,1H3/b16-15+. The maximum Gasteiger partial charge on any atom is 0.0859 e. The van der Waals surface area contributed by atoms with E-state index in [1.165, 1.54) is 5.56 Å². The van der Waals surface area contributed by atoms with Crippen molar-refractivity contribution in [3.8, 4) is 0 Å². The lowest BCUT2D eigenvalue weighted by molar-refractivity contribution is 1.22. The first kappa shape index (κ1) is 10.4. The first-order valence-electron chi connectivity index (χ1n) is 5.08. The number of anilines is 1. The number of hydrogen-bond acceptors (Lipinski definition) is 3. The van der Waals surface area contributed by atoms with Crippen molar-refractivity contribution < 1.29 is 0 Å². The van der Waals surface area contributed by atoms with Crippen LogP contribution in [0.15, 0.2) is 58.8 Å². The van der Waals surface area contributed by atoms with Crippen LogP contribution in [0.1, 0.15) is 5.56 Å². The molecule has 3 heteroatoms. The quantitative estimate of drug-likeness (QED) is 0.592. The first-order chi connectivity index (χ1) is 7.74. The maximum atomic E-state index is 5.58. The van der Waals surface area contributed by atoms with Gasteiger partial charge in [-0.25, -0.2) is 0 Å². The van der Waals surface area contributed by atoms with Crippen molar-refractivity contribution in [3.05, 3.63) is 54.1 Å². The van der Waals surface area contributed by atoms with Crippen LogP contribution in [0, 0.1) is 6.92 Å². The highest BCUT2D eigenvalue weighted by Gasteiger charge is 1.91. The lowest BCUT2D eigenvalue weighted by Crippen LogP contribution is -1.80. The van der Waals surface area contributed by atoms with E-state index in [2.05, 4.69) is 10.2 Å². The molecule has 0 radical (unpaired) electrons. The third-order valence-electron chi connectivity index (χ3n) is 2.18. The van der Waals surface area contributed by atoms with Crippen molar-refractivity contribution in [1.82, 2.24) is 0 Å². The van der Waals surface area contributed by atoms with Crippen LogP contribution in [0.25, 0.3) is 0 Å². The Morgan fingerprint density at radius 2 is 1.56 bits per heavy atom. The fraction of sp³-hybridized carbons (Fsp3) is 0.0769. The molecule has 0 aromatic heterocycles. The van der Waals surface area contributed by atoms with E-state index in [1.807, 2.05) is 55.5 Å². The summed E-state index contributed by atoms with van der Waals surface area (Å²) in [6.07, 6.45) is 0. The Labute approximate surface area is 94.6 Å². The van der Waals surface area contributed by atoms with Crippen LogP contribution < -0.4 is 5.73 Å². The number of aryl methyl sites for hydroxylation is 1. The number of benzene rings is 2. The van der Waals surface area contributed by atoms with Crippen molar-refractivity contribution in [2.45, 2.75) is 6.92 Å². The maximum absolute atomic E-state index is 5.58. The predicted octanol–water partition coefficient (Wildman–Crippen LogP) is 3.99. The molecular weight excluding hydrogens is 198 g/mol. The summed E-state index contributed by atoms with van der Waals surface area (Å²) in [5, 5.41) is 8.28. The second-order valence-corrected chi connectivity index (χ2v) is 3.63.